The van der Waals surface area contributed by atoms with Crippen LogP contribution in [0.4, 0.5) is 13.2 Å². The molecule has 0 bridgehead atoms. The summed E-state index contributed by atoms with van der Waals surface area (Å²) in [5.74, 6) is -3.02. The Bertz CT molecular complexity index is 379. The summed E-state index contributed by atoms with van der Waals surface area (Å²) in [7, 11) is 1.75. The number of rotatable bonds is 4. The lowest BCUT2D eigenvalue weighted by Crippen LogP contribution is -2.23. The zero-order valence-electron chi connectivity index (χ0n) is 9.77. The van der Waals surface area contributed by atoms with Crippen LogP contribution in [0.1, 0.15) is 37.3 Å². The molecule has 1 nitrogen and oxygen atoms in total. The summed E-state index contributed by atoms with van der Waals surface area (Å²) in [4.78, 5) is 0. The largest absolute Gasteiger partial charge is 0.313 e. The fourth-order valence-corrected chi connectivity index (χ4v) is 2.26. The fourth-order valence-electron chi connectivity index (χ4n) is 2.26. The Labute approximate surface area is 99.0 Å². The lowest BCUT2D eigenvalue weighted by Gasteiger charge is -2.29. The number of benzene rings is 1. The number of hydrogen-bond donors (Lipinski definition) is 1. The SMILES string of the molecule is CNC(CC1CCC1)c1cc(F)c(F)c(F)c1. The molecule has 0 spiro atoms. The Balaban J connectivity index is 2.17. The van der Waals surface area contributed by atoms with E-state index in [4.69, 9.17) is 0 Å². The van der Waals surface area contributed by atoms with Gasteiger partial charge in [-0.25, -0.2) is 13.2 Å². The molecule has 1 unspecified atom stereocenters. The second kappa shape index (κ2) is 5.08. The molecule has 2 rings (SSSR count). The van der Waals surface area contributed by atoms with Gasteiger partial charge in [-0.15, -0.1) is 0 Å². The van der Waals surface area contributed by atoms with Gasteiger partial charge in [-0.2, -0.15) is 0 Å². The van der Waals surface area contributed by atoms with Gasteiger partial charge in [0.05, 0.1) is 0 Å². The summed E-state index contributed by atoms with van der Waals surface area (Å²) in [5.41, 5.74) is 0.482. The number of halogens is 3. The summed E-state index contributed by atoms with van der Waals surface area (Å²) >= 11 is 0. The lowest BCUT2D eigenvalue weighted by molar-refractivity contribution is 0.265. The zero-order valence-corrected chi connectivity index (χ0v) is 9.77. The van der Waals surface area contributed by atoms with E-state index in [-0.39, 0.29) is 6.04 Å². The summed E-state index contributed by atoms with van der Waals surface area (Å²) in [6.07, 6.45) is 4.42. The quantitative estimate of drug-likeness (QED) is 0.797. The summed E-state index contributed by atoms with van der Waals surface area (Å²) < 4.78 is 39.1. The Hall–Kier alpha value is -1.03. The molecule has 0 heterocycles. The number of hydrogen-bond acceptors (Lipinski definition) is 1. The molecule has 1 aliphatic rings. The van der Waals surface area contributed by atoms with Crippen molar-refractivity contribution >= 4 is 0 Å². The van der Waals surface area contributed by atoms with Crippen LogP contribution < -0.4 is 5.32 Å². The third-order valence-corrected chi connectivity index (χ3v) is 3.55. The smallest absolute Gasteiger partial charge is 0.194 e. The Morgan fingerprint density at radius 1 is 1.24 bits per heavy atom. The van der Waals surface area contributed by atoms with Crippen LogP contribution in [-0.4, -0.2) is 7.05 Å². The van der Waals surface area contributed by atoms with Crippen molar-refractivity contribution < 1.29 is 13.2 Å². The molecule has 1 fully saturated rings. The summed E-state index contributed by atoms with van der Waals surface area (Å²) in [5, 5.41) is 3.04. The molecular weight excluding hydrogens is 227 g/mol. The molecule has 4 heteroatoms. The van der Waals surface area contributed by atoms with Gasteiger partial charge >= 0.3 is 0 Å². The standard InChI is InChI=1S/C13H16F3N/c1-17-12(5-8-3-2-4-8)9-6-10(14)13(16)11(15)7-9/h6-8,12,17H,2-5H2,1H3. The van der Waals surface area contributed by atoms with Gasteiger partial charge in [-0.3, -0.25) is 0 Å². The molecule has 1 aromatic rings. The minimum absolute atomic E-state index is 0.107. The van der Waals surface area contributed by atoms with Crippen LogP contribution in [0.5, 0.6) is 0 Å². The molecule has 17 heavy (non-hydrogen) atoms. The molecule has 94 valence electrons. The Kier molecular flexibility index (Phi) is 3.72. The molecule has 0 saturated heterocycles. The van der Waals surface area contributed by atoms with Gasteiger partial charge in [0.1, 0.15) is 0 Å². The minimum Gasteiger partial charge on any atom is -0.313 e. The second-order valence-corrected chi connectivity index (χ2v) is 4.67. The molecule has 1 atom stereocenters. The highest BCUT2D eigenvalue weighted by Gasteiger charge is 2.23. The van der Waals surface area contributed by atoms with Crippen molar-refractivity contribution in [1.82, 2.24) is 5.32 Å². The van der Waals surface area contributed by atoms with Gasteiger partial charge in [0.2, 0.25) is 0 Å². The maximum Gasteiger partial charge on any atom is 0.194 e. The third kappa shape index (κ3) is 2.63. The van der Waals surface area contributed by atoms with Crippen LogP contribution in [-0.2, 0) is 0 Å². The van der Waals surface area contributed by atoms with Crippen LogP contribution in [0.2, 0.25) is 0 Å². The first kappa shape index (κ1) is 12.4. The average Bonchev–Trinajstić information content (AvgIpc) is 2.24. The highest BCUT2D eigenvalue weighted by atomic mass is 19.2. The van der Waals surface area contributed by atoms with E-state index in [0.717, 1.165) is 18.6 Å². The van der Waals surface area contributed by atoms with E-state index in [2.05, 4.69) is 5.32 Å². The van der Waals surface area contributed by atoms with Crippen LogP contribution in [0.3, 0.4) is 0 Å². The molecule has 0 amide bonds. The van der Waals surface area contributed by atoms with Crippen molar-refractivity contribution in [2.24, 2.45) is 5.92 Å². The van der Waals surface area contributed by atoms with E-state index >= 15 is 0 Å². The molecule has 1 N–H and O–H groups in total. The maximum atomic E-state index is 13.1. The van der Waals surface area contributed by atoms with E-state index in [1.54, 1.807) is 7.05 Å². The zero-order chi connectivity index (χ0) is 12.4. The van der Waals surface area contributed by atoms with Gasteiger partial charge in [0.15, 0.2) is 17.5 Å². The van der Waals surface area contributed by atoms with Crippen molar-refractivity contribution in [3.8, 4) is 0 Å². The van der Waals surface area contributed by atoms with Crippen LogP contribution in [0, 0.1) is 23.4 Å². The molecule has 1 aliphatic carbocycles. The maximum absolute atomic E-state index is 13.1. The van der Waals surface area contributed by atoms with Crippen molar-refractivity contribution in [2.75, 3.05) is 7.05 Å². The van der Waals surface area contributed by atoms with Crippen LogP contribution in [0.25, 0.3) is 0 Å². The van der Waals surface area contributed by atoms with E-state index in [0.29, 0.717) is 11.5 Å². The Morgan fingerprint density at radius 3 is 2.24 bits per heavy atom. The van der Waals surface area contributed by atoms with Gasteiger partial charge in [0.25, 0.3) is 0 Å². The molecule has 1 saturated carbocycles. The van der Waals surface area contributed by atoms with E-state index < -0.39 is 17.5 Å². The lowest BCUT2D eigenvalue weighted by atomic mass is 9.79. The summed E-state index contributed by atoms with van der Waals surface area (Å²) in [6, 6.07) is 2.06. The fraction of sp³-hybridized carbons (Fsp3) is 0.538. The van der Waals surface area contributed by atoms with Crippen molar-refractivity contribution in [3.05, 3.63) is 35.1 Å². The highest BCUT2D eigenvalue weighted by Crippen LogP contribution is 2.35. The predicted octanol–water partition coefficient (Wildman–Crippen LogP) is 3.55. The minimum atomic E-state index is -1.40. The molecule has 1 aromatic carbocycles. The monoisotopic (exact) mass is 243 g/mol. The van der Waals surface area contributed by atoms with Crippen molar-refractivity contribution in [3.63, 3.8) is 0 Å². The Morgan fingerprint density at radius 2 is 1.82 bits per heavy atom. The molecule has 0 radical (unpaired) electrons. The normalized spacial score (nSPS) is 17.9. The molecular formula is C13H16F3N. The van der Waals surface area contributed by atoms with E-state index in [1.165, 1.54) is 19.3 Å². The van der Waals surface area contributed by atoms with Gasteiger partial charge in [-0.05, 0) is 37.1 Å². The van der Waals surface area contributed by atoms with Gasteiger partial charge in [0, 0.05) is 6.04 Å². The third-order valence-electron chi connectivity index (χ3n) is 3.55. The van der Waals surface area contributed by atoms with E-state index in [9.17, 15) is 13.2 Å². The van der Waals surface area contributed by atoms with Gasteiger partial charge in [-0.1, -0.05) is 19.3 Å². The van der Waals surface area contributed by atoms with Crippen molar-refractivity contribution in [2.45, 2.75) is 31.7 Å². The molecule has 0 aromatic heterocycles. The first-order valence-electron chi connectivity index (χ1n) is 5.93. The van der Waals surface area contributed by atoms with Gasteiger partial charge < -0.3 is 5.32 Å². The highest BCUT2D eigenvalue weighted by molar-refractivity contribution is 5.22. The average molecular weight is 243 g/mol. The van der Waals surface area contributed by atoms with Crippen LogP contribution >= 0.6 is 0 Å². The first-order chi connectivity index (χ1) is 8.11. The number of nitrogens with one attached hydrogen (secondary N) is 1. The predicted molar refractivity (Wildman–Crippen MR) is 60.1 cm³/mol. The summed E-state index contributed by atoms with van der Waals surface area (Å²) in [6.45, 7) is 0. The van der Waals surface area contributed by atoms with Crippen molar-refractivity contribution in [1.29, 1.82) is 0 Å². The second-order valence-electron chi connectivity index (χ2n) is 4.67. The topological polar surface area (TPSA) is 12.0 Å². The van der Waals surface area contributed by atoms with Crippen LogP contribution in [0.15, 0.2) is 12.1 Å². The first-order valence-corrected chi connectivity index (χ1v) is 5.93. The van der Waals surface area contributed by atoms with E-state index in [1.807, 2.05) is 0 Å². The molecule has 0 aliphatic heterocycles.